The zero-order valence-corrected chi connectivity index (χ0v) is 36.0. The van der Waals surface area contributed by atoms with Gasteiger partial charge in [-0.3, -0.25) is 4.79 Å². The van der Waals surface area contributed by atoms with E-state index >= 15 is 4.79 Å². The highest BCUT2D eigenvalue weighted by molar-refractivity contribution is 6.33. The highest BCUT2D eigenvalue weighted by Gasteiger charge is 2.74. The van der Waals surface area contributed by atoms with E-state index in [1.54, 1.807) is 4.90 Å². The van der Waals surface area contributed by atoms with Crippen LogP contribution in [0.5, 0.6) is 0 Å². The first kappa shape index (κ1) is 41.8. The predicted octanol–water partition coefficient (Wildman–Crippen LogP) is 12.3. The number of nitrogens with one attached hydrogen (secondary N) is 1. The predicted molar refractivity (Wildman–Crippen MR) is 237 cm³/mol. The van der Waals surface area contributed by atoms with Gasteiger partial charge in [-0.15, -0.1) is 0 Å². The summed E-state index contributed by atoms with van der Waals surface area (Å²) in [6, 6.07) is 29.0. The van der Waals surface area contributed by atoms with Crippen molar-refractivity contribution in [2.75, 3.05) is 11.9 Å². The Morgan fingerprint density at radius 3 is 2.37 bits per heavy atom. The summed E-state index contributed by atoms with van der Waals surface area (Å²) < 4.78 is 47.5. The second kappa shape index (κ2) is 14.7. The van der Waals surface area contributed by atoms with Crippen molar-refractivity contribution in [3.8, 4) is 11.3 Å². The van der Waals surface area contributed by atoms with Gasteiger partial charge in [-0.05, 0) is 121 Å². The molecule has 0 aliphatic heterocycles. The maximum absolute atomic E-state index is 15.3. The van der Waals surface area contributed by atoms with E-state index in [0.29, 0.717) is 49.8 Å². The topological polar surface area (TPSA) is 103 Å². The number of allylic oxidation sites excluding steroid dienone is 4. The lowest BCUT2D eigenvalue weighted by molar-refractivity contribution is -0.174. The molecule has 7 nitrogen and oxygen atoms in total. The summed E-state index contributed by atoms with van der Waals surface area (Å²) in [5.41, 5.74) is -2.62. The lowest BCUT2D eigenvalue weighted by Crippen LogP contribution is -2.67. The molecule has 63 heavy (non-hydrogen) atoms. The molecule has 2 bridgehead atoms. The van der Waals surface area contributed by atoms with E-state index in [9.17, 15) is 28.2 Å². The third kappa shape index (κ3) is 6.37. The van der Waals surface area contributed by atoms with E-state index in [0.717, 1.165) is 34.9 Å². The number of aliphatic hydroxyl groups is 2. The van der Waals surface area contributed by atoms with Crippen LogP contribution >= 0.6 is 11.6 Å². The first-order chi connectivity index (χ1) is 30.0. The molecule has 2 spiro atoms. The molecule has 11 rings (SSSR count). The van der Waals surface area contributed by atoms with E-state index in [1.165, 1.54) is 18.2 Å². The number of benzene rings is 4. The number of para-hydroxylation sites is 1. The molecular weight excluding hydrogens is 825 g/mol. The number of hydrogen-bond donors (Lipinski definition) is 3. The molecule has 1 heterocycles. The highest BCUT2D eigenvalue weighted by Crippen LogP contribution is 2.78. The number of rotatable bonds is 8. The molecule has 0 radical (unpaired) electrons. The average Bonchev–Trinajstić information content (AvgIpc) is 3.86. The van der Waals surface area contributed by atoms with Crippen LogP contribution in [-0.4, -0.2) is 45.2 Å². The number of nitrogens with zero attached hydrogens (tertiary/aromatic N) is 1. The number of hydrogen-bond acceptors (Lipinski definition) is 5. The Morgan fingerprint density at radius 1 is 0.857 bits per heavy atom. The van der Waals surface area contributed by atoms with Gasteiger partial charge < -0.3 is 24.8 Å². The van der Waals surface area contributed by atoms with Crippen molar-refractivity contribution in [1.29, 1.82) is 0 Å². The van der Waals surface area contributed by atoms with Crippen LogP contribution in [0, 0.1) is 33.5 Å². The van der Waals surface area contributed by atoms with Gasteiger partial charge >= 0.3 is 12.2 Å². The number of halogens is 4. The monoisotopic (exact) mass is 874 g/mol. The van der Waals surface area contributed by atoms with E-state index in [-0.39, 0.29) is 64.3 Å². The van der Waals surface area contributed by atoms with Crippen LogP contribution in [0.15, 0.2) is 131 Å². The second-order valence-corrected chi connectivity index (χ2v) is 19.7. The molecule has 6 aliphatic rings. The molecule has 3 saturated carbocycles. The van der Waals surface area contributed by atoms with Crippen molar-refractivity contribution in [2.24, 2.45) is 33.5 Å². The van der Waals surface area contributed by atoms with Gasteiger partial charge in [0.25, 0.3) is 0 Å². The van der Waals surface area contributed by atoms with Crippen LogP contribution in [0.3, 0.4) is 0 Å². The minimum atomic E-state index is -4.61. The second-order valence-electron chi connectivity index (χ2n) is 19.3. The van der Waals surface area contributed by atoms with Crippen LogP contribution < -0.4 is 5.32 Å². The fraction of sp³-hybridized carbons (Fsp3) is 0.385. The molecule has 2 amide bonds. The van der Waals surface area contributed by atoms with Gasteiger partial charge in [-0.25, -0.2) is 4.79 Å². The Labute approximate surface area is 369 Å². The fourth-order valence-corrected chi connectivity index (χ4v) is 13.3. The summed E-state index contributed by atoms with van der Waals surface area (Å²) in [7, 11) is 0. The molecule has 3 N–H and O–H groups in total. The molecule has 326 valence electrons. The quantitative estimate of drug-likeness (QED) is 0.106. The molecule has 11 heteroatoms. The van der Waals surface area contributed by atoms with Crippen LogP contribution in [0.25, 0.3) is 22.1 Å². The molecule has 1 aromatic heterocycles. The van der Waals surface area contributed by atoms with Gasteiger partial charge in [0.1, 0.15) is 5.76 Å². The Morgan fingerprint density at radius 2 is 1.57 bits per heavy atom. The number of anilines is 1. The summed E-state index contributed by atoms with van der Waals surface area (Å²) in [5.74, 6) is -0.605. The smallest absolute Gasteiger partial charge is 0.416 e. The normalized spacial score (nSPS) is 31.8. The largest absolute Gasteiger partial charge is 0.453 e. The number of ketones is 1. The number of carbonyl (C=O) groups excluding carboxylic acids is 2. The zero-order valence-electron chi connectivity index (χ0n) is 35.2. The fourth-order valence-electron chi connectivity index (χ4n) is 13.1. The molecule has 5 aromatic rings. The number of amides is 2. The van der Waals surface area contributed by atoms with E-state index < -0.39 is 39.7 Å². The van der Waals surface area contributed by atoms with Gasteiger partial charge in [-0.1, -0.05) is 104 Å². The first-order valence-electron chi connectivity index (χ1n) is 21.9. The molecule has 0 saturated heterocycles. The van der Waals surface area contributed by atoms with Gasteiger partial charge in [-0.2, -0.15) is 13.2 Å². The van der Waals surface area contributed by atoms with Crippen molar-refractivity contribution in [2.45, 2.75) is 83.2 Å². The van der Waals surface area contributed by atoms with Crippen molar-refractivity contribution in [3.05, 3.63) is 149 Å². The van der Waals surface area contributed by atoms with E-state index in [2.05, 4.69) is 37.4 Å². The van der Waals surface area contributed by atoms with Crippen LogP contribution in [0.2, 0.25) is 5.02 Å². The average molecular weight is 875 g/mol. The molecule has 8 atom stereocenters. The molecule has 4 aromatic carbocycles. The minimum absolute atomic E-state index is 0.0207. The zero-order chi connectivity index (χ0) is 44.2. The SMILES string of the molecule is C[C@]12CC[C@H]3[C@]4(C=C[C@@]5(C=C4C(=O)c4ccc(-c6cc(C(F)(F)F)ccc6Cl)o4)CC(O)CC[C@]35C)[C@@H]1CC[C@@]2(O)CN(Cc1cccc2ccccc12)C(=O)Nc1ccccc1. The van der Waals surface area contributed by atoms with E-state index in [4.69, 9.17) is 16.0 Å². The van der Waals surface area contributed by atoms with Crippen LogP contribution in [0.4, 0.5) is 23.7 Å². The molecule has 3 fully saturated rings. The van der Waals surface area contributed by atoms with Gasteiger partial charge in [0.2, 0.25) is 5.78 Å². The lowest BCUT2D eigenvalue weighted by atomic mass is 9.32. The summed E-state index contributed by atoms with van der Waals surface area (Å²) >= 11 is 6.43. The summed E-state index contributed by atoms with van der Waals surface area (Å²) in [4.78, 5) is 31.5. The Hall–Kier alpha value is -5.16. The summed E-state index contributed by atoms with van der Waals surface area (Å²) in [6.07, 6.45) is 5.49. The van der Waals surface area contributed by atoms with Crippen LogP contribution in [0.1, 0.15) is 80.5 Å². The lowest BCUT2D eigenvalue weighted by Gasteiger charge is -2.71. The molecular formula is C52H50ClF3N2O5. The number of alkyl halides is 3. The third-order valence-corrected chi connectivity index (χ3v) is 16.7. The number of Topliss-reactive ketones (excluding diaryl/α,β-unsaturated/α-hetero) is 1. The Kier molecular flexibility index (Phi) is 9.75. The van der Waals surface area contributed by atoms with Crippen molar-refractivity contribution < 1.29 is 37.4 Å². The maximum Gasteiger partial charge on any atom is 0.416 e. The van der Waals surface area contributed by atoms with Crippen molar-refractivity contribution >= 4 is 39.9 Å². The Balaban J connectivity index is 1.04. The highest BCUT2D eigenvalue weighted by atomic mass is 35.5. The maximum atomic E-state index is 15.3. The number of furan rings is 1. The number of carbonyl (C=O) groups is 2. The summed E-state index contributed by atoms with van der Waals surface area (Å²) in [5, 5.41) is 29.7. The van der Waals surface area contributed by atoms with Crippen molar-refractivity contribution in [3.63, 3.8) is 0 Å². The number of aliphatic hydroxyl groups excluding tert-OH is 1. The minimum Gasteiger partial charge on any atom is -0.453 e. The standard InChI is InChI=1S/C52H50ClF3N2O5/c1-47-22-19-36(59)28-49(47)25-26-51(39(29-49)45(60)42-18-17-41(63-42)38-27-34(52(54,55)56)15-16-40(38)53)43(47)20-23-48(2)44(51)21-24-50(48,62)31-58(46(61)57-35-12-4-3-5-13-35)30-33-11-8-10-32-9-6-7-14-37(32)33/h3-18,25-27,29,36,43-44,59,62H,19-24,28,30-31H2,1-2H3,(H,57,61)/t36?,43-,44-,47-,48+,49+,50-,51-/m1/s1. The molecule has 6 aliphatic carbocycles. The molecule has 1 unspecified atom stereocenters. The number of urea groups is 1. The Bertz CT molecular complexity index is 2710. The van der Waals surface area contributed by atoms with Crippen molar-refractivity contribution in [1.82, 2.24) is 4.90 Å². The van der Waals surface area contributed by atoms with Crippen LogP contribution in [-0.2, 0) is 12.7 Å². The van der Waals surface area contributed by atoms with E-state index in [1.807, 2.05) is 72.8 Å². The third-order valence-electron chi connectivity index (χ3n) is 16.4. The van der Waals surface area contributed by atoms with Gasteiger partial charge in [0.05, 0.1) is 28.8 Å². The van der Waals surface area contributed by atoms with Gasteiger partial charge in [0.15, 0.2) is 5.76 Å². The summed E-state index contributed by atoms with van der Waals surface area (Å²) in [6.45, 7) is 4.72. The van der Waals surface area contributed by atoms with Gasteiger partial charge in [0, 0.05) is 39.6 Å². The number of fused-ring (bicyclic) bond motifs is 2. The first-order valence-corrected chi connectivity index (χ1v) is 22.3.